The van der Waals surface area contributed by atoms with Crippen molar-refractivity contribution in [2.45, 2.75) is 111 Å². The second kappa shape index (κ2) is 14.1. The fourth-order valence-corrected chi connectivity index (χ4v) is 6.69. The molecular formula is C34H50Cl2N6O5Si. The summed E-state index contributed by atoms with van der Waals surface area (Å²) < 4.78 is 19.7. The number of ether oxygens (including phenoxy) is 2. The lowest BCUT2D eigenvalue weighted by Gasteiger charge is -2.44. The van der Waals surface area contributed by atoms with Crippen molar-refractivity contribution in [3.05, 3.63) is 44.7 Å². The van der Waals surface area contributed by atoms with Crippen LogP contribution < -0.4 is 15.3 Å². The molecule has 1 amide bonds. The highest BCUT2D eigenvalue weighted by Gasteiger charge is 2.38. The first-order valence-corrected chi connectivity index (χ1v) is 20.1. The largest absolute Gasteiger partial charge is 0.489 e. The summed E-state index contributed by atoms with van der Waals surface area (Å²) in [6.45, 7) is 25.8. The molecule has 14 heteroatoms. The first kappa shape index (κ1) is 37.9. The van der Waals surface area contributed by atoms with Crippen LogP contribution in [0.2, 0.25) is 28.3 Å². The van der Waals surface area contributed by atoms with E-state index in [-0.39, 0.29) is 51.6 Å². The Balaban J connectivity index is 1.80. The summed E-state index contributed by atoms with van der Waals surface area (Å²) in [5, 5.41) is 0.855. The number of pyridine rings is 2. The summed E-state index contributed by atoms with van der Waals surface area (Å²) in [6.07, 6.45) is 1.29. The van der Waals surface area contributed by atoms with Crippen LogP contribution in [-0.2, 0) is 9.16 Å². The Morgan fingerprint density at radius 1 is 1.04 bits per heavy atom. The maximum Gasteiger partial charge on any atom is 0.410 e. The molecule has 1 fully saturated rings. The highest BCUT2D eigenvalue weighted by Crippen LogP contribution is 2.38. The zero-order chi connectivity index (χ0) is 35.9. The number of nitrogens with zero attached hydrogens (tertiary/aromatic N) is 6. The van der Waals surface area contributed by atoms with E-state index in [1.807, 2.05) is 53.4 Å². The lowest BCUT2D eigenvalue weighted by atomic mass is 10.1. The molecule has 0 saturated carbocycles. The monoisotopic (exact) mass is 720 g/mol. The standard InChI is InChI=1S/C34H50Cl2N6O5Si/c1-20(2)26-27(25(13-14-37-26)45-15-16-46-48(11,12)34(8,9)10)42-30-23(17-24(35)28(36)38-30)29(39-31(42)43)40-18-22(4)41(19-21(40)3)32(44)47-33(5,6)7/h13-14,17,20-22H,15-16,18-19H2,1-12H3/t21-,22+/m0/s1. The third kappa shape index (κ3) is 8.09. The van der Waals surface area contributed by atoms with Crippen LogP contribution in [0.15, 0.2) is 23.1 Å². The molecule has 3 aromatic heterocycles. The van der Waals surface area contributed by atoms with Gasteiger partial charge in [0.05, 0.1) is 22.7 Å². The summed E-state index contributed by atoms with van der Waals surface area (Å²) in [5.41, 5.74) is 0.150. The smallest absolute Gasteiger partial charge is 0.410 e. The number of hydrogen-bond acceptors (Lipinski definition) is 9. The van der Waals surface area contributed by atoms with E-state index < -0.39 is 19.6 Å². The Labute approximate surface area is 295 Å². The van der Waals surface area contributed by atoms with Gasteiger partial charge < -0.3 is 23.7 Å². The van der Waals surface area contributed by atoms with E-state index in [0.717, 1.165) is 0 Å². The molecule has 0 unspecified atom stereocenters. The van der Waals surface area contributed by atoms with Gasteiger partial charge in [-0.1, -0.05) is 57.8 Å². The van der Waals surface area contributed by atoms with Crippen molar-refractivity contribution in [1.82, 2.24) is 24.4 Å². The number of carbonyl (C=O) groups is 1. The Morgan fingerprint density at radius 2 is 1.71 bits per heavy atom. The molecule has 264 valence electrons. The molecular weight excluding hydrogens is 671 g/mol. The number of carbonyl (C=O) groups excluding carboxylic acids is 1. The number of rotatable bonds is 8. The van der Waals surface area contributed by atoms with Crippen LogP contribution in [0.4, 0.5) is 10.6 Å². The molecule has 2 atom stereocenters. The topological polar surface area (TPSA) is 112 Å². The Bertz CT molecular complexity index is 1720. The summed E-state index contributed by atoms with van der Waals surface area (Å²) in [7, 11) is -1.99. The number of piperazine rings is 1. The number of fused-ring (bicyclic) bond motifs is 1. The van der Waals surface area contributed by atoms with Crippen LogP contribution in [0.5, 0.6) is 5.75 Å². The van der Waals surface area contributed by atoms with Gasteiger partial charge in [0.15, 0.2) is 14.0 Å². The van der Waals surface area contributed by atoms with Gasteiger partial charge in [-0.15, -0.1) is 0 Å². The molecule has 1 aliphatic heterocycles. The van der Waals surface area contributed by atoms with Crippen molar-refractivity contribution in [3.63, 3.8) is 0 Å². The van der Waals surface area contributed by atoms with Gasteiger partial charge in [0.25, 0.3) is 0 Å². The molecule has 11 nitrogen and oxygen atoms in total. The van der Waals surface area contributed by atoms with Gasteiger partial charge in [-0.05, 0) is 64.7 Å². The summed E-state index contributed by atoms with van der Waals surface area (Å²) in [4.78, 5) is 44.9. The van der Waals surface area contributed by atoms with Gasteiger partial charge >= 0.3 is 11.8 Å². The second-order valence-electron chi connectivity index (χ2n) is 15.3. The molecule has 48 heavy (non-hydrogen) atoms. The fourth-order valence-electron chi connectivity index (χ4n) is 5.38. The van der Waals surface area contributed by atoms with E-state index in [0.29, 0.717) is 48.0 Å². The number of hydrogen-bond donors (Lipinski definition) is 0. The molecule has 0 aromatic carbocycles. The van der Waals surface area contributed by atoms with E-state index in [2.05, 4.69) is 48.8 Å². The van der Waals surface area contributed by atoms with Crippen molar-refractivity contribution in [2.75, 3.05) is 31.2 Å². The number of amides is 1. The fraction of sp³-hybridized carbons (Fsp3) is 0.618. The quantitative estimate of drug-likeness (QED) is 0.131. The molecule has 0 N–H and O–H groups in total. The minimum absolute atomic E-state index is 0.0471. The predicted octanol–water partition coefficient (Wildman–Crippen LogP) is 7.84. The average Bonchev–Trinajstić information content (AvgIpc) is 2.95. The van der Waals surface area contributed by atoms with Gasteiger partial charge in [-0.2, -0.15) is 4.98 Å². The minimum Gasteiger partial charge on any atom is -0.489 e. The van der Waals surface area contributed by atoms with E-state index >= 15 is 0 Å². The third-order valence-electron chi connectivity index (χ3n) is 8.94. The Hall–Kier alpha value is -2.93. The van der Waals surface area contributed by atoms with Gasteiger partial charge in [-0.3, -0.25) is 4.98 Å². The van der Waals surface area contributed by atoms with Crippen LogP contribution in [0.1, 0.15) is 80.8 Å². The summed E-state index contributed by atoms with van der Waals surface area (Å²) in [6, 6.07) is 2.97. The zero-order valence-corrected chi connectivity index (χ0v) is 32.8. The first-order valence-electron chi connectivity index (χ1n) is 16.4. The molecule has 4 heterocycles. The van der Waals surface area contributed by atoms with Crippen molar-refractivity contribution >= 4 is 54.5 Å². The normalized spacial score (nSPS) is 17.7. The van der Waals surface area contributed by atoms with Crippen LogP contribution >= 0.6 is 23.2 Å². The second-order valence-corrected chi connectivity index (χ2v) is 20.9. The molecule has 1 saturated heterocycles. The number of anilines is 1. The lowest BCUT2D eigenvalue weighted by Crippen LogP contribution is -2.59. The van der Waals surface area contributed by atoms with Gasteiger partial charge in [0.2, 0.25) is 0 Å². The van der Waals surface area contributed by atoms with Crippen molar-refractivity contribution in [1.29, 1.82) is 0 Å². The predicted molar refractivity (Wildman–Crippen MR) is 195 cm³/mol. The lowest BCUT2D eigenvalue weighted by molar-refractivity contribution is 0.0130. The Morgan fingerprint density at radius 3 is 2.31 bits per heavy atom. The molecule has 0 bridgehead atoms. The third-order valence-corrected chi connectivity index (χ3v) is 14.2. The van der Waals surface area contributed by atoms with E-state index in [1.165, 1.54) is 4.57 Å². The van der Waals surface area contributed by atoms with Gasteiger partial charge in [-0.25, -0.2) is 19.1 Å². The maximum absolute atomic E-state index is 14.2. The first-order chi connectivity index (χ1) is 22.1. The molecule has 1 aliphatic rings. The average molecular weight is 722 g/mol. The van der Waals surface area contributed by atoms with E-state index in [4.69, 9.17) is 37.1 Å². The van der Waals surface area contributed by atoms with Crippen LogP contribution in [0, 0.1) is 0 Å². The summed E-state index contributed by atoms with van der Waals surface area (Å²) in [5.74, 6) is 0.783. The highest BCUT2D eigenvalue weighted by molar-refractivity contribution is 6.74. The van der Waals surface area contributed by atoms with Gasteiger partial charge in [0, 0.05) is 37.4 Å². The Kier molecular flexibility index (Phi) is 11.1. The number of aromatic nitrogens is 4. The SMILES string of the molecule is CC(C)c1nccc(OCCO[Si](C)(C)C(C)(C)C)c1-n1c(=O)nc(N2C[C@@H](C)N(C(=O)OC(C)(C)C)C[C@@H]2C)c2cc(Cl)c(Cl)nc21. The molecule has 3 aromatic rings. The zero-order valence-electron chi connectivity index (χ0n) is 30.3. The van der Waals surface area contributed by atoms with E-state index in [9.17, 15) is 9.59 Å². The summed E-state index contributed by atoms with van der Waals surface area (Å²) >= 11 is 13.1. The van der Waals surface area contributed by atoms with Crippen molar-refractivity contribution in [3.8, 4) is 11.4 Å². The minimum atomic E-state index is -1.99. The highest BCUT2D eigenvalue weighted by atomic mass is 35.5. The molecule has 0 aliphatic carbocycles. The van der Waals surface area contributed by atoms with Crippen molar-refractivity contribution in [2.24, 2.45) is 0 Å². The molecule has 0 radical (unpaired) electrons. The molecule has 4 rings (SSSR count). The van der Waals surface area contributed by atoms with E-state index in [1.54, 1.807) is 23.2 Å². The number of halogens is 2. The van der Waals surface area contributed by atoms with Crippen LogP contribution in [-0.4, -0.2) is 82.8 Å². The van der Waals surface area contributed by atoms with Crippen LogP contribution in [0.25, 0.3) is 16.7 Å². The maximum atomic E-state index is 14.2. The van der Waals surface area contributed by atoms with Crippen molar-refractivity contribution < 1.29 is 18.7 Å². The van der Waals surface area contributed by atoms with Gasteiger partial charge in [0.1, 0.15) is 34.6 Å². The molecule has 0 spiro atoms. The van der Waals surface area contributed by atoms with Crippen LogP contribution in [0.3, 0.4) is 0 Å².